The van der Waals surface area contributed by atoms with E-state index in [-0.39, 0.29) is 17.7 Å². The lowest BCUT2D eigenvalue weighted by Gasteiger charge is -2.38. The van der Waals surface area contributed by atoms with Gasteiger partial charge in [-0.25, -0.2) is 5.10 Å². The minimum Gasteiger partial charge on any atom is -0.342 e. The second-order valence-electron chi connectivity index (χ2n) is 6.20. The molecule has 0 aliphatic carbocycles. The van der Waals surface area contributed by atoms with Crippen molar-refractivity contribution in [1.29, 1.82) is 0 Å². The monoisotopic (exact) mass is 320 g/mol. The van der Waals surface area contributed by atoms with Crippen LogP contribution in [0.4, 0.5) is 5.95 Å². The maximum absolute atomic E-state index is 12.7. The lowest BCUT2D eigenvalue weighted by molar-refractivity contribution is -0.143. The maximum atomic E-state index is 12.7. The maximum Gasteiger partial charge on any atom is 0.227 e. The van der Waals surface area contributed by atoms with Gasteiger partial charge in [-0.2, -0.15) is 10.1 Å². The predicted octanol–water partition coefficient (Wildman–Crippen LogP) is 0.102. The van der Waals surface area contributed by atoms with Gasteiger partial charge in [0.15, 0.2) is 0 Å². The van der Waals surface area contributed by atoms with E-state index >= 15 is 0 Å². The van der Waals surface area contributed by atoms with Gasteiger partial charge < -0.3 is 14.7 Å². The highest BCUT2D eigenvalue weighted by Crippen LogP contribution is 2.21. The molecule has 8 heteroatoms. The van der Waals surface area contributed by atoms with Crippen LogP contribution in [0, 0.1) is 5.92 Å². The Hall–Kier alpha value is -2.12. The van der Waals surface area contributed by atoms with Gasteiger partial charge in [-0.3, -0.25) is 9.59 Å². The fourth-order valence-corrected chi connectivity index (χ4v) is 3.35. The summed E-state index contributed by atoms with van der Waals surface area (Å²) < 4.78 is 0. The van der Waals surface area contributed by atoms with Crippen LogP contribution in [0.3, 0.4) is 0 Å². The number of nitrogens with one attached hydrogen (secondary N) is 1. The molecule has 2 fully saturated rings. The number of hydrogen-bond acceptors (Lipinski definition) is 5. The number of H-pyrrole nitrogens is 1. The molecule has 2 saturated heterocycles. The molecule has 126 valence electrons. The second-order valence-corrected chi connectivity index (χ2v) is 6.20. The fraction of sp³-hybridized carbons (Fsp3) is 0.733. The molecule has 3 rings (SSSR count). The lowest BCUT2D eigenvalue weighted by Crippen LogP contribution is -2.53. The largest absolute Gasteiger partial charge is 0.342 e. The summed E-state index contributed by atoms with van der Waals surface area (Å²) in [6.45, 7) is 6.28. The van der Waals surface area contributed by atoms with Crippen molar-refractivity contribution in [2.45, 2.75) is 26.2 Å². The number of amides is 2. The molecule has 1 aromatic rings. The first-order valence-electron chi connectivity index (χ1n) is 8.36. The third-order valence-corrected chi connectivity index (χ3v) is 4.64. The molecular formula is C15H24N6O2. The summed E-state index contributed by atoms with van der Waals surface area (Å²) in [5.74, 6) is 1.09. The molecule has 2 aliphatic rings. The predicted molar refractivity (Wildman–Crippen MR) is 84.8 cm³/mol. The molecule has 0 bridgehead atoms. The first-order valence-corrected chi connectivity index (χ1v) is 8.36. The van der Waals surface area contributed by atoms with E-state index in [9.17, 15) is 9.59 Å². The number of rotatable bonds is 4. The average molecular weight is 320 g/mol. The first-order chi connectivity index (χ1) is 11.2. The number of nitrogens with zero attached hydrogens (tertiary/aromatic N) is 5. The van der Waals surface area contributed by atoms with E-state index in [1.165, 1.54) is 6.33 Å². The minimum atomic E-state index is -0.0453. The quantitative estimate of drug-likeness (QED) is 0.850. The highest BCUT2D eigenvalue weighted by molar-refractivity contribution is 5.84. The number of carbonyl (C=O) groups is 2. The highest BCUT2D eigenvalue weighted by Gasteiger charge is 2.33. The zero-order valence-corrected chi connectivity index (χ0v) is 13.6. The van der Waals surface area contributed by atoms with Crippen LogP contribution >= 0.6 is 0 Å². The van der Waals surface area contributed by atoms with E-state index in [2.05, 4.69) is 27.0 Å². The van der Waals surface area contributed by atoms with Crippen molar-refractivity contribution in [3.05, 3.63) is 6.33 Å². The van der Waals surface area contributed by atoms with E-state index in [1.807, 2.05) is 9.80 Å². The number of piperidine rings is 1. The van der Waals surface area contributed by atoms with Crippen molar-refractivity contribution in [3.63, 3.8) is 0 Å². The summed E-state index contributed by atoms with van der Waals surface area (Å²) in [4.78, 5) is 34.6. The van der Waals surface area contributed by atoms with Crippen LogP contribution in [0.1, 0.15) is 26.2 Å². The van der Waals surface area contributed by atoms with Crippen LogP contribution in [0.5, 0.6) is 0 Å². The summed E-state index contributed by atoms with van der Waals surface area (Å²) in [6, 6.07) is 0. The first kappa shape index (κ1) is 15.8. The van der Waals surface area contributed by atoms with Crippen molar-refractivity contribution in [1.82, 2.24) is 25.0 Å². The van der Waals surface area contributed by atoms with Gasteiger partial charge in [-0.05, 0) is 12.8 Å². The van der Waals surface area contributed by atoms with Gasteiger partial charge in [0.05, 0.1) is 5.92 Å². The number of carbonyl (C=O) groups excluding carboxylic acids is 2. The molecule has 3 heterocycles. The molecule has 0 saturated carbocycles. The van der Waals surface area contributed by atoms with Gasteiger partial charge in [-0.1, -0.05) is 6.92 Å². The van der Waals surface area contributed by atoms with Crippen LogP contribution < -0.4 is 4.90 Å². The van der Waals surface area contributed by atoms with Crippen LogP contribution in [0.2, 0.25) is 0 Å². The van der Waals surface area contributed by atoms with Gasteiger partial charge in [0, 0.05) is 45.7 Å². The fourth-order valence-electron chi connectivity index (χ4n) is 3.35. The summed E-state index contributed by atoms with van der Waals surface area (Å²) in [5.41, 5.74) is 0. The molecule has 0 unspecified atom stereocenters. The Bertz CT molecular complexity index is 538. The summed E-state index contributed by atoms with van der Waals surface area (Å²) in [6.07, 6.45) is 3.60. The Labute approximate surface area is 135 Å². The third kappa shape index (κ3) is 3.46. The Morgan fingerprint density at radius 2 is 2.13 bits per heavy atom. The zero-order valence-electron chi connectivity index (χ0n) is 13.6. The molecule has 1 aromatic heterocycles. The number of aromatic amines is 1. The highest BCUT2D eigenvalue weighted by atomic mass is 16.2. The van der Waals surface area contributed by atoms with E-state index in [0.29, 0.717) is 32.5 Å². The van der Waals surface area contributed by atoms with Crippen molar-refractivity contribution < 1.29 is 9.59 Å². The van der Waals surface area contributed by atoms with Gasteiger partial charge >= 0.3 is 0 Å². The second kappa shape index (κ2) is 6.97. The lowest BCUT2D eigenvalue weighted by atomic mass is 9.95. The minimum absolute atomic E-state index is 0.0453. The van der Waals surface area contributed by atoms with Crippen molar-refractivity contribution >= 4 is 17.8 Å². The molecule has 0 radical (unpaired) electrons. The average Bonchev–Trinajstić information content (AvgIpc) is 3.11. The van der Waals surface area contributed by atoms with Crippen molar-refractivity contribution in [3.8, 4) is 0 Å². The molecule has 0 spiro atoms. The van der Waals surface area contributed by atoms with Crippen LogP contribution in [-0.2, 0) is 9.59 Å². The van der Waals surface area contributed by atoms with Gasteiger partial charge in [0.2, 0.25) is 17.8 Å². The Morgan fingerprint density at radius 3 is 2.78 bits per heavy atom. The van der Waals surface area contributed by atoms with Gasteiger partial charge in [0.1, 0.15) is 6.33 Å². The van der Waals surface area contributed by atoms with E-state index in [1.54, 1.807) is 0 Å². The molecular weight excluding hydrogens is 296 g/mol. The molecule has 0 aromatic carbocycles. The Morgan fingerprint density at radius 1 is 1.35 bits per heavy atom. The summed E-state index contributed by atoms with van der Waals surface area (Å²) in [7, 11) is 0. The molecule has 8 nitrogen and oxygen atoms in total. The topological polar surface area (TPSA) is 85.4 Å². The third-order valence-electron chi connectivity index (χ3n) is 4.64. The summed E-state index contributed by atoms with van der Waals surface area (Å²) >= 11 is 0. The SMILES string of the molecule is CCCN1C[C@@H](C(=O)N2CCN(c3ncn[nH]3)CC2)CCC1=O. The molecule has 2 amide bonds. The van der Waals surface area contributed by atoms with Crippen molar-refractivity contribution in [2.24, 2.45) is 5.92 Å². The van der Waals surface area contributed by atoms with E-state index in [0.717, 1.165) is 32.0 Å². The Kier molecular flexibility index (Phi) is 4.78. The summed E-state index contributed by atoms with van der Waals surface area (Å²) in [5, 5.41) is 6.72. The Balaban J connectivity index is 1.54. The van der Waals surface area contributed by atoms with Crippen molar-refractivity contribution in [2.75, 3.05) is 44.2 Å². The molecule has 1 N–H and O–H groups in total. The number of piperazine rings is 1. The van der Waals surface area contributed by atoms with Gasteiger partial charge in [0.25, 0.3) is 0 Å². The molecule has 23 heavy (non-hydrogen) atoms. The zero-order chi connectivity index (χ0) is 16.2. The number of aromatic nitrogens is 3. The number of anilines is 1. The smallest absolute Gasteiger partial charge is 0.227 e. The number of likely N-dealkylation sites (tertiary alicyclic amines) is 1. The van der Waals surface area contributed by atoms with Crippen LogP contribution in [0.25, 0.3) is 0 Å². The van der Waals surface area contributed by atoms with E-state index < -0.39 is 0 Å². The van der Waals surface area contributed by atoms with Crippen LogP contribution in [-0.4, -0.2) is 76.1 Å². The van der Waals surface area contributed by atoms with E-state index in [4.69, 9.17) is 0 Å². The van der Waals surface area contributed by atoms with Crippen LogP contribution in [0.15, 0.2) is 6.33 Å². The standard InChI is InChI=1S/C15H24N6O2/c1-2-5-21-10-12(3-4-13(21)22)14(23)19-6-8-20(9-7-19)15-16-11-17-18-15/h11-12H,2-10H2,1H3,(H,16,17,18)/t12-/m0/s1. The normalized spacial score (nSPS) is 22.6. The molecule has 1 atom stereocenters. The number of hydrogen-bond donors (Lipinski definition) is 1. The molecule has 2 aliphatic heterocycles. The van der Waals surface area contributed by atoms with Gasteiger partial charge in [-0.15, -0.1) is 0 Å².